The Balaban J connectivity index is 1.85. The van der Waals surface area contributed by atoms with Crippen molar-refractivity contribution < 1.29 is 23.1 Å². The van der Waals surface area contributed by atoms with Crippen LogP contribution in [0.2, 0.25) is 0 Å². The van der Waals surface area contributed by atoms with Crippen molar-refractivity contribution in [1.82, 2.24) is 5.32 Å². The summed E-state index contributed by atoms with van der Waals surface area (Å²) in [6.45, 7) is 0.467. The molecule has 21 heavy (non-hydrogen) atoms. The van der Waals surface area contributed by atoms with E-state index < -0.39 is 11.7 Å². The highest BCUT2D eigenvalue weighted by Crippen LogP contribution is 2.29. The minimum absolute atomic E-state index is 0.0702. The van der Waals surface area contributed by atoms with E-state index >= 15 is 0 Å². The Morgan fingerprint density at radius 2 is 2.10 bits per heavy atom. The van der Waals surface area contributed by atoms with Crippen molar-refractivity contribution in [2.75, 3.05) is 6.54 Å². The molecule has 0 bridgehead atoms. The lowest BCUT2D eigenvalue weighted by Gasteiger charge is -2.12. The molecule has 0 aliphatic heterocycles. The lowest BCUT2D eigenvalue weighted by atomic mass is 10.1. The number of carbonyl (C=O) groups is 1. The lowest BCUT2D eigenvalue weighted by Crippen LogP contribution is -2.30. The van der Waals surface area contributed by atoms with Crippen LogP contribution in [0, 0.1) is 5.92 Å². The number of aliphatic hydroxyl groups is 1. The highest BCUT2D eigenvalue weighted by atomic mass is 19.4. The third-order valence-electron chi connectivity index (χ3n) is 3.72. The Bertz CT molecular complexity index is 502. The molecule has 1 saturated carbocycles. The zero-order valence-electron chi connectivity index (χ0n) is 11.5. The van der Waals surface area contributed by atoms with Crippen molar-refractivity contribution in [3.8, 4) is 0 Å². The van der Waals surface area contributed by atoms with Crippen molar-refractivity contribution in [1.29, 1.82) is 0 Å². The van der Waals surface area contributed by atoms with Gasteiger partial charge in [0.2, 0.25) is 5.91 Å². The number of aliphatic hydroxyl groups excluding tert-OH is 1. The van der Waals surface area contributed by atoms with Crippen molar-refractivity contribution in [3.05, 3.63) is 35.4 Å². The van der Waals surface area contributed by atoms with E-state index in [1.165, 1.54) is 12.1 Å². The number of hydrogen-bond acceptors (Lipinski definition) is 2. The minimum Gasteiger partial charge on any atom is -0.393 e. The lowest BCUT2D eigenvalue weighted by molar-refractivity contribution is -0.137. The van der Waals surface area contributed by atoms with Gasteiger partial charge in [0.15, 0.2) is 0 Å². The topological polar surface area (TPSA) is 49.3 Å². The molecule has 0 aromatic heterocycles. The van der Waals surface area contributed by atoms with Gasteiger partial charge in [-0.3, -0.25) is 4.79 Å². The second-order valence-electron chi connectivity index (χ2n) is 5.51. The summed E-state index contributed by atoms with van der Waals surface area (Å²) in [5.41, 5.74) is -0.402. The van der Waals surface area contributed by atoms with Gasteiger partial charge in [-0.25, -0.2) is 0 Å². The number of alkyl halides is 3. The zero-order valence-corrected chi connectivity index (χ0v) is 11.5. The average Bonchev–Trinajstić information content (AvgIpc) is 2.82. The Morgan fingerprint density at radius 3 is 2.71 bits per heavy atom. The molecule has 1 aromatic rings. The molecule has 116 valence electrons. The third-order valence-corrected chi connectivity index (χ3v) is 3.72. The van der Waals surface area contributed by atoms with Crippen molar-refractivity contribution in [3.63, 3.8) is 0 Å². The zero-order chi connectivity index (χ0) is 15.5. The number of nitrogens with one attached hydrogen (secondary N) is 1. The Labute approximate surface area is 121 Å². The Hall–Kier alpha value is -1.56. The van der Waals surface area contributed by atoms with Gasteiger partial charge < -0.3 is 10.4 Å². The predicted octanol–water partition coefficient (Wildman–Crippen LogP) is 2.53. The van der Waals surface area contributed by atoms with Crippen molar-refractivity contribution in [2.24, 2.45) is 5.92 Å². The molecule has 2 rings (SSSR count). The molecular formula is C15H18F3NO2. The second-order valence-corrected chi connectivity index (χ2v) is 5.51. The van der Waals surface area contributed by atoms with Crippen LogP contribution in [0.15, 0.2) is 24.3 Å². The number of halogens is 3. The van der Waals surface area contributed by atoms with Gasteiger partial charge >= 0.3 is 6.18 Å². The van der Waals surface area contributed by atoms with E-state index in [9.17, 15) is 23.1 Å². The fourth-order valence-corrected chi connectivity index (χ4v) is 2.60. The van der Waals surface area contributed by atoms with Gasteiger partial charge in [0.25, 0.3) is 0 Å². The minimum atomic E-state index is -4.40. The van der Waals surface area contributed by atoms with E-state index in [4.69, 9.17) is 0 Å². The Kier molecular flexibility index (Phi) is 4.88. The summed E-state index contributed by atoms with van der Waals surface area (Å²) < 4.78 is 37.7. The first-order valence-corrected chi connectivity index (χ1v) is 6.95. The molecule has 1 amide bonds. The second kappa shape index (κ2) is 6.47. The molecule has 2 atom stereocenters. The van der Waals surface area contributed by atoms with E-state index in [-0.39, 0.29) is 24.3 Å². The van der Waals surface area contributed by atoms with E-state index in [0.29, 0.717) is 18.5 Å². The van der Waals surface area contributed by atoms with Crippen LogP contribution < -0.4 is 5.32 Å². The van der Waals surface area contributed by atoms with Gasteiger partial charge in [0, 0.05) is 6.54 Å². The quantitative estimate of drug-likeness (QED) is 0.898. The maximum atomic E-state index is 12.6. The van der Waals surface area contributed by atoms with Crippen LogP contribution in [0.4, 0.5) is 13.2 Å². The SMILES string of the molecule is O=C(Cc1cccc(C(F)(F)F)c1)NCC1CCC(O)C1. The van der Waals surface area contributed by atoms with E-state index in [1.54, 1.807) is 0 Å². The van der Waals surface area contributed by atoms with Gasteiger partial charge in [0.05, 0.1) is 18.1 Å². The summed E-state index contributed by atoms with van der Waals surface area (Å²) in [5.74, 6) is -0.0406. The van der Waals surface area contributed by atoms with Crippen molar-refractivity contribution >= 4 is 5.91 Å². The van der Waals surface area contributed by atoms with Gasteiger partial charge in [-0.1, -0.05) is 18.2 Å². The molecule has 6 heteroatoms. The normalized spacial score (nSPS) is 22.3. The fraction of sp³-hybridized carbons (Fsp3) is 0.533. The molecular weight excluding hydrogens is 283 g/mol. The van der Waals surface area contributed by atoms with Crippen LogP contribution in [0.1, 0.15) is 30.4 Å². The first-order valence-electron chi connectivity index (χ1n) is 6.95. The Morgan fingerprint density at radius 1 is 1.33 bits per heavy atom. The maximum Gasteiger partial charge on any atom is 0.416 e. The van der Waals surface area contributed by atoms with Gasteiger partial charge in [-0.05, 0) is 36.8 Å². The summed E-state index contributed by atoms with van der Waals surface area (Å²) in [7, 11) is 0. The predicted molar refractivity (Wildman–Crippen MR) is 71.5 cm³/mol. The molecule has 1 aromatic carbocycles. The monoisotopic (exact) mass is 301 g/mol. The van der Waals surface area contributed by atoms with Gasteiger partial charge in [-0.2, -0.15) is 13.2 Å². The molecule has 1 aliphatic carbocycles. The first kappa shape index (κ1) is 15.8. The van der Waals surface area contributed by atoms with Gasteiger partial charge in [0.1, 0.15) is 0 Å². The van der Waals surface area contributed by atoms with Crippen LogP contribution in [-0.2, 0) is 17.4 Å². The molecule has 0 heterocycles. The third kappa shape index (κ3) is 4.74. The maximum absolute atomic E-state index is 12.6. The van der Waals surface area contributed by atoms with E-state index in [0.717, 1.165) is 25.0 Å². The molecule has 1 aliphatic rings. The molecule has 1 fully saturated rings. The average molecular weight is 301 g/mol. The number of rotatable bonds is 4. The number of carbonyl (C=O) groups excluding carboxylic acids is 1. The van der Waals surface area contributed by atoms with Crippen LogP contribution >= 0.6 is 0 Å². The molecule has 0 spiro atoms. The summed E-state index contributed by atoms with van der Waals surface area (Å²) >= 11 is 0. The molecule has 0 saturated heterocycles. The summed E-state index contributed by atoms with van der Waals surface area (Å²) in [5, 5.41) is 12.1. The highest BCUT2D eigenvalue weighted by Gasteiger charge is 2.30. The fourth-order valence-electron chi connectivity index (χ4n) is 2.60. The number of amides is 1. The summed E-state index contributed by atoms with van der Waals surface area (Å²) in [6.07, 6.45) is -2.48. The largest absolute Gasteiger partial charge is 0.416 e. The van der Waals surface area contributed by atoms with Crippen LogP contribution in [0.25, 0.3) is 0 Å². The number of benzene rings is 1. The standard InChI is InChI=1S/C15H18F3NO2/c16-15(17,18)12-3-1-2-10(6-12)8-14(21)19-9-11-4-5-13(20)7-11/h1-3,6,11,13,20H,4-5,7-9H2,(H,19,21). The summed E-state index contributed by atoms with van der Waals surface area (Å²) in [4.78, 5) is 11.8. The highest BCUT2D eigenvalue weighted by molar-refractivity contribution is 5.78. The molecule has 2 N–H and O–H groups in total. The van der Waals surface area contributed by atoms with Crippen LogP contribution in [-0.4, -0.2) is 23.7 Å². The van der Waals surface area contributed by atoms with Crippen LogP contribution in [0.3, 0.4) is 0 Å². The molecule has 3 nitrogen and oxygen atoms in total. The molecule has 0 radical (unpaired) electrons. The van der Waals surface area contributed by atoms with E-state index in [2.05, 4.69) is 5.32 Å². The van der Waals surface area contributed by atoms with Crippen LogP contribution in [0.5, 0.6) is 0 Å². The van der Waals surface area contributed by atoms with Gasteiger partial charge in [-0.15, -0.1) is 0 Å². The smallest absolute Gasteiger partial charge is 0.393 e. The number of hydrogen-bond donors (Lipinski definition) is 2. The van der Waals surface area contributed by atoms with Crippen molar-refractivity contribution in [2.45, 2.75) is 38.0 Å². The first-order chi connectivity index (χ1) is 9.84. The molecule has 2 unspecified atom stereocenters. The summed E-state index contributed by atoms with van der Waals surface area (Å²) in [6, 6.07) is 4.80. The van der Waals surface area contributed by atoms with E-state index in [1.807, 2.05) is 0 Å².